The molecule has 0 aromatic rings. The highest BCUT2D eigenvalue weighted by molar-refractivity contribution is 5.92. The van der Waals surface area contributed by atoms with E-state index < -0.39 is 90.1 Å². The Hall–Kier alpha value is -3.46. The topological polar surface area (TPSA) is 221 Å². The lowest BCUT2D eigenvalue weighted by Gasteiger charge is -2.31. The number of hydrogen-bond acceptors (Lipinski definition) is 10. The molecule has 0 rings (SSSR count). The molecule has 0 unspecified atom stereocenters. The third-order valence-electron chi connectivity index (χ3n) is 7.75. The Kier molecular flexibility index (Phi) is 20.9. The summed E-state index contributed by atoms with van der Waals surface area (Å²) in [6, 6.07) is -4.71. The number of esters is 1. The Morgan fingerprint density at radius 2 is 1.04 bits per heavy atom. The van der Waals surface area contributed by atoms with Crippen molar-refractivity contribution in [3.05, 3.63) is 0 Å². The molecule has 0 aromatic heterocycles. The van der Waals surface area contributed by atoms with E-state index in [0.717, 1.165) is 0 Å². The van der Waals surface area contributed by atoms with E-state index in [1.165, 1.54) is 6.92 Å². The maximum Gasteiger partial charge on any atom is 0.408 e. The number of ether oxygens (including phenoxy) is 2. The minimum atomic E-state index is -1.34. The first kappa shape index (κ1) is 47.5. The molecule has 0 aliphatic rings. The first-order chi connectivity index (χ1) is 23.4. The average Bonchev–Trinajstić information content (AvgIpc) is 2.95. The van der Waals surface area contributed by atoms with E-state index in [2.05, 4.69) is 26.6 Å². The third kappa shape index (κ3) is 19.7. The number of nitrogens with one attached hydrogen (secondary N) is 5. The van der Waals surface area contributed by atoms with Crippen LogP contribution < -0.4 is 26.6 Å². The van der Waals surface area contributed by atoms with Crippen LogP contribution in [0.2, 0.25) is 0 Å². The van der Waals surface area contributed by atoms with Gasteiger partial charge in [-0.3, -0.25) is 24.0 Å². The van der Waals surface area contributed by atoms with E-state index in [-0.39, 0.29) is 36.7 Å². The summed E-state index contributed by atoms with van der Waals surface area (Å²) in [5.41, 5.74) is -0.775. The second kappa shape index (κ2) is 22.5. The number of carbonyl (C=O) groups excluding carboxylic acids is 6. The second-order valence-electron chi connectivity index (χ2n) is 15.7. The number of amides is 5. The molecule has 0 heterocycles. The Morgan fingerprint density at radius 3 is 1.47 bits per heavy atom. The summed E-state index contributed by atoms with van der Waals surface area (Å²) in [5.74, 6) is -3.61. The standard InChI is InChI=1S/C36H67N5O10/c1-14-50-29(45)18-27(43)25(16-20(4)5)38-32(46)23(10)37-28(44)17-26(42)24(15-19(2)3)39-33(47)30(21(6)7)40-34(48)31(22(8)9)41-35(49)51-36(11,12)13/h19-27,30-31,42-43H,14-18H2,1-13H3,(H,37,44)(H,38,46)(H,39,47)(H,40,48)(H,41,49)/t23-,24-,25-,26-,27-,30-,31-/m0/s1. The van der Waals surface area contributed by atoms with Gasteiger partial charge in [0.1, 0.15) is 23.7 Å². The molecule has 0 radical (unpaired) electrons. The second-order valence-corrected chi connectivity index (χ2v) is 15.7. The van der Waals surface area contributed by atoms with Gasteiger partial charge in [0.2, 0.25) is 23.6 Å². The van der Waals surface area contributed by atoms with Crippen LogP contribution in [-0.2, 0) is 33.4 Å². The van der Waals surface area contributed by atoms with Crippen LogP contribution in [0, 0.1) is 23.7 Å². The molecule has 0 bridgehead atoms. The third-order valence-corrected chi connectivity index (χ3v) is 7.75. The lowest BCUT2D eigenvalue weighted by Crippen LogP contribution is -2.59. The van der Waals surface area contributed by atoms with Gasteiger partial charge in [-0.25, -0.2) is 4.79 Å². The number of carbonyl (C=O) groups is 6. The van der Waals surface area contributed by atoms with Crippen LogP contribution in [-0.4, -0.2) is 101 Å². The largest absolute Gasteiger partial charge is 0.466 e. The van der Waals surface area contributed by atoms with Gasteiger partial charge >= 0.3 is 12.1 Å². The van der Waals surface area contributed by atoms with Crippen molar-refractivity contribution >= 4 is 35.7 Å². The van der Waals surface area contributed by atoms with Gasteiger partial charge in [-0.1, -0.05) is 55.4 Å². The molecule has 296 valence electrons. The Balaban J connectivity index is 5.64. The summed E-state index contributed by atoms with van der Waals surface area (Å²) in [7, 11) is 0. The van der Waals surface area contributed by atoms with Gasteiger partial charge in [-0.2, -0.15) is 0 Å². The van der Waals surface area contributed by atoms with E-state index in [1.807, 2.05) is 27.7 Å². The Labute approximate surface area is 304 Å². The SMILES string of the molecule is CCOC(=O)C[C@H](O)[C@H](CC(C)C)NC(=O)[C@H](C)NC(=O)C[C@H](O)[C@H](CC(C)C)NC(=O)[C@@H](NC(=O)[C@@H](NC(=O)OC(C)(C)C)C(C)C)C(C)C. The maximum absolute atomic E-state index is 13.6. The zero-order valence-electron chi connectivity index (χ0n) is 33.0. The van der Waals surface area contributed by atoms with Crippen molar-refractivity contribution in [2.45, 2.75) is 164 Å². The van der Waals surface area contributed by atoms with Crippen molar-refractivity contribution in [3.8, 4) is 0 Å². The predicted octanol–water partition coefficient (Wildman–Crippen LogP) is 2.31. The van der Waals surface area contributed by atoms with E-state index in [0.29, 0.717) is 12.8 Å². The van der Waals surface area contributed by atoms with Crippen LogP contribution in [0.5, 0.6) is 0 Å². The van der Waals surface area contributed by atoms with E-state index in [1.54, 1.807) is 55.4 Å². The number of aliphatic hydroxyl groups excluding tert-OH is 2. The molecule has 7 atom stereocenters. The highest BCUT2D eigenvalue weighted by Gasteiger charge is 2.34. The Bertz CT molecular complexity index is 1140. The maximum atomic E-state index is 13.6. The number of alkyl carbamates (subject to hydrolysis) is 1. The summed E-state index contributed by atoms with van der Waals surface area (Å²) >= 11 is 0. The molecule has 5 amide bonds. The van der Waals surface area contributed by atoms with Crippen LogP contribution in [0.15, 0.2) is 0 Å². The van der Waals surface area contributed by atoms with Crippen LogP contribution in [0.1, 0.15) is 116 Å². The molecule has 0 saturated carbocycles. The summed E-state index contributed by atoms with van der Waals surface area (Å²) in [6.07, 6.45) is -3.37. The van der Waals surface area contributed by atoms with Gasteiger partial charge in [0.25, 0.3) is 0 Å². The molecule has 0 fully saturated rings. The molecule has 15 heteroatoms. The van der Waals surface area contributed by atoms with Crippen LogP contribution in [0.4, 0.5) is 4.79 Å². The molecule has 51 heavy (non-hydrogen) atoms. The smallest absolute Gasteiger partial charge is 0.408 e. The fourth-order valence-electron chi connectivity index (χ4n) is 5.20. The quantitative estimate of drug-likeness (QED) is 0.0855. The monoisotopic (exact) mass is 729 g/mol. The lowest BCUT2D eigenvalue weighted by molar-refractivity contribution is -0.146. The van der Waals surface area contributed by atoms with Crippen LogP contribution in [0.3, 0.4) is 0 Å². The molecule has 15 nitrogen and oxygen atoms in total. The zero-order chi connectivity index (χ0) is 39.8. The van der Waals surface area contributed by atoms with Crippen molar-refractivity contribution in [2.75, 3.05) is 6.61 Å². The fourth-order valence-corrected chi connectivity index (χ4v) is 5.20. The average molecular weight is 730 g/mol. The normalized spacial score (nSPS) is 16.0. The molecule has 0 spiro atoms. The minimum absolute atomic E-state index is 0.00656. The molecule has 0 aromatic carbocycles. The van der Waals surface area contributed by atoms with E-state index >= 15 is 0 Å². The van der Waals surface area contributed by atoms with Crippen molar-refractivity contribution < 1.29 is 48.5 Å². The highest BCUT2D eigenvalue weighted by Crippen LogP contribution is 2.15. The summed E-state index contributed by atoms with van der Waals surface area (Å²) in [6.45, 7) is 22.9. The molecule has 7 N–H and O–H groups in total. The van der Waals surface area contributed by atoms with E-state index in [9.17, 15) is 39.0 Å². The van der Waals surface area contributed by atoms with Gasteiger partial charge in [0.05, 0.1) is 43.7 Å². The highest BCUT2D eigenvalue weighted by atomic mass is 16.6. The van der Waals surface area contributed by atoms with Crippen molar-refractivity contribution in [1.29, 1.82) is 0 Å². The predicted molar refractivity (Wildman–Crippen MR) is 193 cm³/mol. The summed E-state index contributed by atoms with van der Waals surface area (Å²) < 4.78 is 10.2. The van der Waals surface area contributed by atoms with Crippen LogP contribution >= 0.6 is 0 Å². The van der Waals surface area contributed by atoms with Gasteiger partial charge in [-0.15, -0.1) is 0 Å². The molecule has 0 aliphatic heterocycles. The van der Waals surface area contributed by atoms with Crippen molar-refractivity contribution in [1.82, 2.24) is 26.6 Å². The minimum Gasteiger partial charge on any atom is -0.466 e. The zero-order valence-corrected chi connectivity index (χ0v) is 33.0. The first-order valence-corrected chi connectivity index (χ1v) is 18.1. The van der Waals surface area contributed by atoms with Crippen molar-refractivity contribution in [2.24, 2.45) is 23.7 Å². The lowest BCUT2D eigenvalue weighted by atomic mass is 9.95. The van der Waals surface area contributed by atoms with Crippen molar-refractivity contribution in [3.63, 3.8) is 0 Å². The Morgan fingerprint density at radius 1 is 0.608 bits per heavy atom. The summed E-state index contributed by atoms with van der Waals surface area (Å²) in [5, 5.41) is 35.1. The number of aliphatic hydroxyl groups is 2. The first-order valence-electron chi connectivity index (χ1n) is 18.1. The molecule has 0 saturated heterocycles. The van der Waals surface area contributed by atoms with Gasteiger partial charge in [0, 0.05) is 0 Å². The van der Waals surface area contributed by atoms with Gasteiger partial charge in [-0.05, 0) is 71.1 Å². The number of rotatable bonds is 21. The molecular formula is C36H67N5O10. The van der Waals surface area contributed by atoms with Gasteiger partial charge in [0.15, 0.2) is 0 Å². The number of hydrogen-bond donors (Lipinski definition) is 7. The van der Waals surface area contributed by atoms with Crippen LogP contribution in [0.25, 0.3) is 0 Å². The van der Waals surface area contributed by atoms with E-state index in [4.69, 9.17) is 9.47 Å². The van der Waals surface area contributed by atoms with Gasteiger partial charge < -0.3 is 46.3 Å². The molecular weight excluding hydrogens is 662 g/mol. The molecule has 0 aliphatic carbocycles. The summed E-state index contributed by atoms with van der Waals surface area (Å²) in [4.78, 5) is 77.2. The fraction of sp³-hybridized carbons (Fsp3) is 0.833.